The number of hydrogen-bond acceptors (Lipinski definition) is 5. The minimum absolute atomic E-state index is 0.219. The molecule has 0 heterocycles. The maximum absolute atomic E-state index is 12.9. The molecule has 1 aromatic carbocycles. The maximum Gasteiger partial charge on any atom is 0.408 e. The number of nitrogens with zero attached hydrogens (tertiary/aromatic N) is 1. The Morgan fingerprint density at radius 2 is 1.61 bits per heavy atom. The fourth-order valence-electron chi connectivity index (χ4n) is 2.28. The van der Waals surface area contributed by atoms with Gasteiger partial charge in [-0.1, -0.05) is 44.2 Å². The lowest BCUT2D eigenvalue weighted by Gasteiger charge is -2.30. The molecule has 1 rings (SSSR count). The number of carbonyl (C=O) groups is 3. The Bertz CT molecular complexity index is 625. The van der Waals surface area contributed by atoms with E-state index in [2.05, 4.69) is 5.32 Å². The van der Waals surface area contributed by atoms with Crippen molar-refractivity contribution in [1.82, 2.24) is 10.2 Å². The number of hydrogen-bond donors (Lipinski definition) is 1. The summed E-state index contributed by atoms with van der Waals surface area (Å²) in [5.74, 6) is -0.934. The summed E-state index contributed by atoms with van der Waals surface area (Å²) in [5.41, 5.74) is 0.191. The van der Waals surface area contributed by atoms with E-state index in [0.29, 0.717) is 0 Å². The average Bonchev–Trinajstić information content (AvgIpc) is 2.65. The molecule has 0 spiro atoms. The van der Waals surface area contributed by atoms with Crippen molar-refractivity contribution in [2.75, 3.05) is 7.11 Å². The average molecular weight is 395 g/mol. The van der Waals surface area contributed by atoms with Gasteiger partial charge in [-0.3, -0.25) is 4.79 Å². The van der Waals surface area contributed by atoms with Crippen molar-refractivity contribution in [1.29, 1.82) is 0 Å². The monoisotopic (exact) mass is 394 g/mol. The highest BCUT2D eigenvalue weighted by Gasteiger charge is 2.31. The molecule has 2 amide bonds. The normalized spacial score (nSPS) is 12.6. The third-order valence-corrected chi connectivity index (χ3v) is 3.59. The first-order valence-corrected chi connectivity index (χ1v) is 9.47. The van der Waals surface area contributed by atoms with E-state index in [1.54, 1.807) is 34.6 Å². The van der Waals surface area contributed by atoms with Crippen LogP contribution in [0.15, 0.2) is 30.3 Å². The third-order valence-electron chi connectivity index (χ3n) is 3.59. The van der Waals surface area contributed by atoms with Crippen molar-refractivity contribution in [3.8, 4) is 0 Å². The summed E-state index contributed by atoms with van der Waals surface area (Å²) in [4.78, 5) is 38.1. The molecule has 28 heavy (non-hydrogen) atoms. The van der Waals surface area contributed by atoms with E-state index in [-0.39, 0.29) is 6.54 Å². The molecule has 158 valence electrons. The molecule has 0 saturated carbocycles. The predicted molar refractivity (Wildman–Crippen MR) is 109 cm³/mol. The number of rotatable bonds is 6. The number of ether oxygens (including phenoxy) is 2. The van der Waals surface area contributed by atoms with Crippen LogP contribution in [-0.2, 0) is 25.6 Å². The molecule has 0 fully saturated rings. The molecule has 0 aliphatic heterocycles. The molecule has 0 bridgehead atoms. The lowest BCUT2D eigenvalue weighted by atomic mass is 10.1. The van der Waals surface area contributed by atoms with Crippen LogP contribution in [0.1, 0.15) is 54.0 Å². The first-order valence-electron chi connectivity index (χ1n) is 9.47. The van der Waals surface area contributed by atoms with Crippen molar-refractivity contribution in [3.63, 3.8) is 0 Å². The smallest absolute Gasteiger partial charge is 0.408 e. The van der Waals surface area contributed by atoms with Crippen LogP contribution < -0.4 is 5.32 Å². The second-order valence-electron chi connectivity index (χ2n) is 7.02. The Morgan fingerprint density at radius 1 is 1.07 bits per heavy atom. The highest BCUT2D eigenvalue weighted by molar-refractivity contribution is 5.89. The van der Waals surface area contributed by atoms with Crippen LogP contribution in [0.5, 0.6) is 0 Å². The summed E-state index contributed by atoms with van der Waals surface area (Å²) in [7, 11) is 1.27. The van der Waals surface area contributed by atoms with Crippen LogP contribution >= 0.6 is 0 Å². The van der Waals surface area contributed by atoms with Gasteiger partial charge in [0.2, 0.25) is 5.91 Å². The topological polar surface area (TPSA) is 84.9 Å². The molecule has 1 N–H and O–H groups in total. The number of alkyl carbamates (subject to hydrolysis) is 1. The van der Waals surface area contributed by atoms with E-state index in [0.717, 1.165) is 5.56 Å². The summed E-state index contributed by atoms with van der Waals surface area (Å²) in [5, 5.41) is 2.51. The lowest BCUT2D eigenvalue weighted by molar-refractivity contribution is -0.153. The van der Waals surface area contributed by atoms with Crippen molar-refractivity contribution in [2.24, 2.45) is 0 Å². The van der Waals surface area contributed by atoms with E-state index < -0.39 is 35.7 Å². The van der Waals surface area contributed by atoms with Gasteiger partial charge in [0.05, 0.1) is 7.11 Å². The van der Waals surface area contributed by atoms with Gasteiger partial charge in [-0.25, -0.2) is 9.59 Å². The Hall–Kier alpha value is -2.57. The minimum atomic E-state index is -0.860. The number of methoxy groups -OCH3 is 1. The van der Waals surface area contributed by atoms with Gasteiger partial charge in [0.25, 0.3) is 0 Å². The van der Waals surface area contributed by atoms with Gasteiger partial charge in [0.15, 0.2) is 0 Å². The van der Waals surface area contributed by atoms with Crippen LogP contribution in [0, 0.1) is 0 Å². The van der Waals surface area contributed by atoms with E-state index in [9.17, 15) is 14.4 Å². The van der Waals surface area contributed by atoms with Gasteiger partial charge in [0.1, 0.15) is 17.7 Å². The Kier molecular flexibility index (Phi) is 10.9. The van der Waals surface area contributed by atoms with E-state index in [1.807, 2.05) is 44.2 Å². The second kappa shape index (κ2) is 12.0. The summed E-state index contributed by atoms with van der Waals surface area (Å²) in [6.45, 7) is 12.6. The Balaban J connectivity index is 0.00000352. The van der Waals surface area contributed by atoms with Crippen molar-refractivity contribution < 1.29 is 23.9 Å². The first kappa shape index (κ1) is 25.4. The SMILES string of the molecule is CC.COC(=O)C(C)N(Cc1ccccc1)C(=O)C(C)NC(=O)OC(C)(C)C. The standard InChI is InChI=1S/C19H28N2O5.C2H6/c1-13(20-18(24)26-19(3,4)5)16(22)21(14(2)17(23)25-6)12-15-10-8-7-9-11-15;1-2/h7-11,13-14H,12H2,1-6H3,(H,20,24);1-2H3. The van der Waals surface area contributed by atoms with Crippen molar-refractivity contribution >= 4 is 18.0 Å². The van der Waals surface area contributed by atoms with Crippen LogP contribution in [-0.4, -0.2) is 47.7 Å². The van der Waals surface area contributed by atoms with Crippen LogP contribution in [0.3, 0.4) is 0 Å². The Labute approximate surface area is 168 Å². The number of amides is 2. The molecule has 2 unspecified atom stereocenters. The zero-order chi connectivity index (χ0) is 21.9. The number of esters is 1. The number of nitrogens with one attached hydrogen (secondary N) is 1. The highest BCUT2D eigenvalue weighted by Crippen LogP contribution is 2.12. The Morgan fingerprint density at radius 3 is 2.07 bits per heavy atom. The van der Waals surface area contributed by atoms with E-state index >= 15 is 0 Å². The summed E-state index contributed by atoms with van der Waals surface area (Å²) in [6, 6.07) is 7.63. The molecule has 2 atom stereocenters. The molecule has 0 aliphatic rings. The molecule has 7 nitrogen and oxygen atoms in total. The second-order valence-corrected chi connectivity index (χ2v) is 7.02. The minimum Gasteiger partial charge on any atom is -0.467 e. The number of carbonyl (C=O) groups excluding carboxylic acids is 3. The van der Waals surface area contributed by atoms with Gasteiger partial charge >= 0.3 is 12.1 Å². The third kappa shape index (κ3) is 8.88. The summed E-state index contributed by atoms with van der Waals surface area (Å²) < 4.78 is 9.94. The molecule has 1 aromatic rings. The highest BCUT2D eigenvalue weighted by atomic mass is 16.6. The summed E-state index contributed by atoms with van der Waals surface area (Å²) >= 11 is 0. The maximum atomic E-state index is 12.9. The van der Waals surface area contributed by atoms with Gasteiger partial charge in [0, 0.05) is 6.54 Å². The molecule has 0 radical (unpaired) electrons. The van der Waals surface area contributed by atoms with Gasteiger partial charge < -0.3 is 19.7 Å². The van der Waals surface area contributed by atoms with E-state index in [4.69, 9.17) is 9.47 Å². The molecular weight excluding hydrogens is 360 g/mol. The van der Waals surface area contributed by atoms with Gasteiger partial charge in [-0.05, 0) is 40.2 Å². The number of benzene rings is 1. The van der Waals surface area contributed by atoms with Crippen LogP contribution in [0.4, 0.5) is 4.79 Å². The predicted octanol–water partition coefficient (Wildman–Crippen LogP) is 3.52. The van der Waals surface area contributed by atoms with Crippen LogP contribution in [0.25, 0.3) is 0 Å². The zero-order valence-corrected chi connectivity index (χ0v) is 18.2. The molecule has 7 heteroatoms. The van der Waals surface area contributed by atoms with Crippen molar-refractivity contribution in [2.45, 2.75) is 72.7 Å². The van der Waals surface area contributed by atoms with Crippen LogP contribution in [0.2, 0.25) is 0 Å². The summed E-state index contributed by atoms with van der Waals surface area (Å²) in [6.07, 6.45) is -0.691. The quantitative estimate of drug-likeness (QED) is 0.746. The zero-order valence-electron chi connectivity index (χ0n) is 18.2. The fraction of sp³-hybridized carbons (Fsp3) is 0.571. The molecule has 0 aromatic heterocycles. The van der Waals surface area contributed by atoms with E-state index in [1.165, 1.54) is 12.0 Å². The molecule has 0 aliphatic carbocycles. The largest absolute Gasteiger partial charge is 0.467 e. The van der Waals surface area contributed by atoms with Gasteiger partial charge in [-0.2, -0.15) is 0 Å². The fourth-order valence-corrected chi connectivity index (χ4v) is 2.28. The lowest BCUT2D eigenvalue weighted by Crippen LogP contribution is -2.52. The molecular formula is C21H34N2O5. The first-order chi connectivity index (χ1) is 13.0. The van der Waals surface area contributed by atoms with Gasteiger partial charge in [-0.15, -0.1) is 0 Å². The molecule has 0 saturated heterocycles. The van der Waals surface area contributed by atoms with Crippen molar-refractivity contribution in [3.05, 3.63) is 35.9 Å².